The molecule has 0 aromatic heterocycles. The van der Waals surface area contributed by atoms with Crippen molar-refractivity contribution in [2.75, 3.05) is 32.8 Å². The molecule has 0 aromatic rings. The zero-order chi connectivity index (χ0) is 12.7. The van der Waals surface area contributed by atoms with E-state index in [-0.39, 0.29) is 19.2 Å². The number of amides is 2. The Morgan fingerprint density at radius 2 is 2.06 bits per heavy atom. The Morgan fingerprint density at radius 3 is 2.65 bits per heavy atom. The first kappa shape index (κ1) is 13.8. The highest BCUT2D eigenvalue weighted by Crippen LogP contribution is 2.15. The number of hydrogen-bond donors (Lipinski definition) is 2. The van der Waals surface area contributed by atoms with Gasteiger partial charge in [-0.1, -0.05) is 6.92 Å². The van der Waals surface area contributed by atoms with Gasteiger partial charge in [0.15, 0.2) is 0 Å². The van der Waals surface area contributed by atoms with E-state index in [2.05, 4.69) is 12.2 Å². The predicted molar refractivity (Wildman–Crippen MR) is 61.8 cm³/mol. The summed E-state index contributed by atoms with van der Waals surface area (Å²) in [4.78, 5) is 23.6. The second-order valence-electron chi connectivity index (χ2n) is 4.35. The Kier molecular flexibility index (Phi) is 5.76. The third-order valence-electron chi connectivity index (χ3n) is 2.82. The molecule has 0 bridgehead atoms. The first-order valence-corrected chi connectivity index (χ1v) is 5.92. The standard InChI is InChI=1S/C11H20N2O4/c1-9-2-5-13(6-3-9)11(16)12-4-7-17-8-10(14)15/h9H,2-8H2,1H3,(H,12,16)(H,14,15). The van der Waals surface area contributed by atoms with E-state index in [0.29, 0.717) is 12.5 Å². The maximum Gasteiger partial charge on any atom is 0.329 e. The lowest BCUT2D eigenvalue weighted by Gasteiger charge is -2.30. The summed E-state index contributed by atoms with van der Waals surface area (Å²) in [5.74, 6) is -0.306. The Bertz CT molecular complexity index is 262. The van der Waals surface area contributed by atoms with E-state index in [1.807, 2.05) is 0 Å². The average molecular weight is 244 g/mol. The van der Waals surface area contributed by atoms with Crippen molar-refractivity contribution in [3.8, 4) is 0 Å². The molecule has 98 valence electrons. The molecule has 17 heavy (non-hydrogen) atoms. The summed E-state index contributed by atoms with van der Waals surface area (Å²) in [5, 5.41) is 11.0. The van der Waals surface area contributed by atoms with E-state index in [9.17, 15) is 9.59 Å². The number of carbonyl (C=O) groups excluding carboxylic acids is 1. The van der Waals surface area contributed by atoms with Gasteiger partial charge >= 0.3 is 12.0 Å². The van der Waals surface area contributed by atoms with Crippen LogP contribution < -0.4 is 5.32 Å². The molecule has 1 aliphatic rings. The number of hydrogen-bond acceptors (Lipinski definition) is 3. The fourth-order valence-corrected chi connectivity index (χ4v) is 1.71. The van der Waals surface area contributed by atoms with Crippen molar-refractivity contribution in [3.05, 3.63) is 0 Å². The van der Waals surface area contributed by atoms with Crippen molar-refractivity contribution in [1.29, 1.82) is 0 Å². The van der Waals surface area contributed by atoms with Crippen LogP contribution in [-0.2, 0) is 9.53 Å². The van der Waals surface area contributed by atoms with Crippen LogP contribution in [0, 0.1) is 5.92 Å². The highest BCUT2D eigenvalue weighted by Gasteiger charge is 2.19. The fraction of sp³-hybridized carbons (Fsp3) is 0.818. The van der Waals surface area contributed by atoms with Gasteiger partial charge < -0.3 is 20.1 Å². The molecular weight excluding hydrogens is 224 g/mol. The van der Waals surface area contributed by atoms with Crippen LogP contribution in [0.5, 0.6) is 0 Å². The van der Waals surface area contributed by atoms with Gasteiger partial charge in [-0.2, -0.15) is 0 Å². The van der Waals surface area contributed by atoms with Crippen LogP contribution in [0.3, 0.4) is 0 Å². The molecular formula is C11H20N2O4. The molecule has 0 radical (unpaired) electrons. The van der Waals surface area contributed by atoms with Crippen molar-refractivity contribution in [3.63, 3.8) is 0 Å². The van der Waals surface area contributed by atoms with Crippen molar-refractivity contribution < 1.29 is 19.4 Å². The number of carboxylic acid groups (broad SMARTS) is 1. The number of aliphatic carboxylic acids is 1. The number of rotatable bonds is 5. The van der Waals surface area contributed by atoms with E-state index in [1.165, 1.54) is 0 Å². The molecule has 2 N–H and O–H groups in total. The van der Waals surface area contributed by atoms with Crippen molar-refractivity contribution >= 4 is 12.0 Å². The summed E-state index contributed by atoms with van der Waals surface area (Å²) in [6.45, 7) is 4.03. The maximum absolute atomic E-state index is 11.6. The van der Waals surface area contributed by atoms with E-state index < -0.39 is 5.97 Å². The molecule has 2 amide bonds. The van der Waals surface area contributed by atoms with Crippen LogP contribution in [0.4, 0.5) is 4.79 Å². The minimum atomic E-state index is -0.999. The summed E-state index contributed by atoms with van der Waals surface area (Å²) in [6.07, 6.45) is 2.09. The lowest BCUT2D eigenvalue weighted by molar-refractivity contribution is -0.142. The number of carbonyl (C=O) groups is 2. The summed E-state index contributed by atoms with van der Waals surface area (Å²) in [7, 11) is 0. The van der Waals surface area contributed by atoms with Crippen LogP contribution in [0.2, 0.25) is 0 Å². The van der Waals surface area contributed by atoms with Gasteiger partial charge in [-0.05, 0) is 18.8 Å². The summed E-state index contributed by atoms with van der Waals surface area (Å²) < 4.78 is 4.82. The van der Waals surface area contributed by atoms with Crippen LogP contribution in [0.25, 0.3) is 0 Å². The number of likely N-dealkylation sites (tertiary alicyclic amines) is 1. The number of piperidine rings is 1. The molecule has 6 heteroatoms. The highest BCUT2D eigenvalue weighted by molar-refractivity contribution is 5.74. The number of carboxylic acids is 1. The average Bonchev–Trinajstić information content (AvgIpc) is 2.29. The predicted octanol–water partition coefficient (Wildman–Crippen LogP) is 0.529. The largest absolute Gasteiger partial charge is 0.480 e. The van der Waals surface area contributed by atoms with Crippen LogP contribution in [0.15, 0.2) is 0 Å². The minimum absolute atomic E-state index is 0.0872. The number of urea groups is 1. The Hall–Kier alpha value is -1.30. The zero-order valence-electron chi connectivity index (χ0n) is 10.1. The van der Waals surface area contributed by atoms with Gasteiger partial charge in [-0.3, -0.25) is 0 Å². The number of ether oxygens (including phenoxy) is 1. The molecule has 0 aliphatic carbocycles. The van der Waals surface area contributed by atoms with Crippen LogP contribution >= 0.6 is 0 Å². The van der Waals surface area contributed by atoms with Gasteiger partial charge in [-0.15, -0.1) is 0 Å². The van der Waals surface area contributed by atoms with Gasteiger partial charge in [0, 0.05) is 19.6 Å². The van der Waals surface area contributed by atoms with Gasteiger partial charge in [0.05, 0.1) is 6.61 Å². The first-order valence-electron chi connectivity index (χ1n) is 5.92. The van der Waals surface area contributed by atoms with E-state index in [0.717, 1.165) is 25.9 Å². The summed E-state index contributed by atoms with van der Waals surface area (Å²) in [6, 6.07) is -0.0872. The topological polar surface area (TPSA) is 78.9 Å². The summed E-state index contributed by atoms with van der Waals surface area (Å²) >= 11 is 0. The van der Waals surface area contributed by atoms with Gasteiger partial charge in [0.2, 0.25) is 0 Å². The molecule has 0 unspecified atom stereocenters. The molecule has 1 aliphatic heterocycles. The molecule has 0 spiro atoms. The monoisotopic (exact) mass is 244 g/mol. The molecule has 1 fully saturated rings. The SMILES string of the molecule is CC1CCN(C(=O)NCCOCC(=O)O)CC1. The summed E-state index contributed by atoms with van der Waals surface area (Å²) in [5.41, 5.74) is 0. The molecule has 0 saturated carbocycles. The first-order chi connectivity index (χ1) is 8.09. The van der Waals surface area contributed by atoms with E-state index in [4.69, 9.17) is 9.84 Å². The van der Waals surface area contributed by atoms with Crippen molar-refractivity contribution in [1.82, 2.24) is 10.2 Å². The van der Waals surface area contributed by atoms with Crippen molar-refractivity contribution in [2.24, 2.45) is 5.92 Å². The van der Waals surface area contributed by atoms with Crippen LogP contribution in [-0.4, -0.2) is 54.9 Å². The highest BCUT2D eigenvalue weighted by atomic mass is 16.5. The quantitative estimate of drug-likeness (QED) is 0.691. The molecule has 0 aromatic carbocycles. The van der Waals surface area contributed by atoms with Gasteiger partial charge in [-0.25, -0.2) is 9.59 Å². The Labute approximate surface area is 101 Å². The van der Waals surface area contributed by atoms with E-state index in [1.54, 1.807) is 4.90 Å². The molecule has 0 atom stereocenters. The Balaban J connectivity index is 2.06. The number of nitrogens with zero attached hydrogens (tertiary/aromatic N) is 1. The van der Waals surface area contributed by atoms with Crippen LogP contribution in [0.1, 0.15) is 19.8 Å². The Morgan fingerprint density at radius 1 is 1.41 bits per heavy atom. The smallest absolute Gasteiger partial charge is 0.329 e. The molecule has 6 nitrogen and oxygen atoms in total. The number of nitrogens with one attached hydrogen (secondary N) is 1. The normalized spacial score (nSPS) is 16.9. The molecule has 1 saturated heterocycles. The second-order valence-corrected chi connectivity index (χ2v) is 4.35. The second kappa shape index (κ2) is 7.11. The third-order valence-corrected chi connectivity index (χ3v) is 2.82. The minimum Gasteiger partial charge on any atom is -0.480 e. The van der Waals surface area contributed by atoms with Gasteiger partial charge in [0.25, 0.3) is 0 Å². The lowest BCUT2D eigenvalue weighted by Crippen LogP contribution is -2.45. The fourth-order valence-electron chi connectivity index (χ4n) is 1.71. The van der Waals surface area contributed by atoms with E-state index >= 15 is 0 Å². The molecule has 1 rings (SSSR count). The van der Waals surface area contributed by atoms with Gasteiger partial charge in [0.1, 0.15) is 6.61 Å². The maximum atomic E-state index is 11.6. The molecule has 1 heterocycles. The third kappa shape index (κ3) is 5.53. The van der Waals surface area contributed by atoms with Crippen molar-refractivity contribution in [2.45, 2.75) is 19.8 Å². The lowest BCUT2D eigenvalue weighted by atomic mass is 10.00. The zero-order valence-corrected chi connectivity index (χ0v) is 10.1.